The van der Waals surface area contributed by atoms with Crippen LogP contribution in [0.1, 0.15) is 19.8 Å². The summed E-state index contributed by atoms with van der Waals surface area (Å²) in [5, 5.41) is -0.0220. The number of carbonyl (C=O) groups is 4. The molecule has 1 saturated heterocycles. The van der Waals surface area contributed by atoms with E-state index in [0.717, 1.165) is 29.6 Å². The van der Waals surface area contributed by atoms with E-state index in [-0.39, 0.29) is 28.5 Å². The van der Waals surface area contributed by atoms with Crippen LogP contribution in [0.25, 0.3) is 0 Å². The number of ketones is 1. The van der Waals surface area contributed by atoms with Gasteiger partial charge in [0.1, 0.15) is 10.3 Å². The van der Waals surface area contributed by atoms with Crippen molar-refractivity contribution in [1.82, 2.24) is 9.88 Å². The molecular formula is C15H13Cl2N3O4. The predicted molar refractivity (Wildman–Crippen MR) is 85.7 cm³/mol. The lowest BCUT2D eigenvalue weighted by Gasteiger charge is -2.36. The summed E-state index contributed by atoms with van der Waals surface area (Å²) < 4.78 is 0. The van der Waals surface area contributed by atoms with Gasteiger partial charge in [-0.25, -0.2) is 14.7 Å². The third-order valence-electron chi connectivity index (χ3n) is 3.95. The molecule has 0 bridgehead atoms. The van der Waals surface area contributed by atoms with Crippen LogP contribution in [0.15, 0.2) is 12.1 Å². The summed E-state index contributed by atoms with van der Waals surface area (Å²) in [4.78, 5) is 55.0. The van der Waals surface area contributed by atoms with Gasteiger partial charge in [-0.1, -0.05) is 23.2 Å². The van der Waals surface area contributed by atoms with Gasteiger partial charge in [-0.2, -0.15) is 0 Å². The maximum Gasteiger partial charge on any atom is 0.338 e. The highest BCUT2D eigenvalue weighted by Gasteiger charge is 2.49. The molecule has 24 heavy (non-hydrogen) atoms. The van der Waals surface area contributed by atoms with Crippen LogP contribution in [0.2, 0.25) is 10.3 Å². The third-order valence-corrected chi connectivity index (χ3v) is 4.34. The van der Waals surface area contributed by atoms with E-state index in [9.17, 15) is 19.2 Å². The summed E-state index contributed by atoms with van der Waals surface area (Å²) in [5.41, 5.74) is 0.0783. The first-order chi connectivity index (χ1) is 11.3. The van der Waals surface area contributed by atoms with Crippen molar-refractivity contribution < 1.29 is 19.2 Å². The Morgan fingerprint density at radius 2 is 1.75 bits per heavy atom. The summed E-state index contributed by atoms with van der Waals surface area (Å²) >= 11 is 11.7. The molecule has 1 aromatic rings. The Hall–Kier alpha value is -1.99. The largest absolute Gasteiger partial charge is 0.338 e. The minimum atomic E-state index is -1.54. The molecule has 4 amide bonds. The number of carbonyl (C=O) groups excluding carboxylic acids is 4. The second-order valence-corrected chi connectivity index (χ2v) is 6.64. The first kappa shape index (κ1) is 16.9. The van der Waals surface area contributed by atoms with Gasteiger partial charge in [-0.15, -0.1) is 0 Å². The van der Waals surface area contributed by atoms with Crippen LogP contribution < -0.4 is 4.90 Å². The number of urea groups is 1. The molecule has 1 atom stereocenters. The number of amides is 4. The standard InChI is InChI=1S/C15H13Cl2N3O4/c1-7(21)12-13(22)19(6-8-2-3-8)15(24)20(14(12)23)9-4-10(16)18-11(17)5-9/h4-5,8,12H,2-3,6H2,1H3. The molecule has 0 aromatic carbocycles. The second kappa shape index (κ2) is 6.14. The third kappa shape index (κ3) is 3.01. The molecule has 1 aromatic heterocycles. The summed E-state index contributed by atoms with van der Waals surface area (Å²) in [7, 11) is 0. The van der Waals surface area contributed by atoms with E-state index in [2.05, 4.69) is 4.98 Å². The Morgan fingerprint density at radius 1 is 1.17 bits per heavy atom. The molecule has 1 saturated carbocycles. The first-order valence-electron chi connectivity index (χ1n) is 7.32. The zero-order valence-corrected chi connectivity index (χ0v) is 14.2. The van der Waals surface area contributed by atoms with Crippen LogP contribution in [0, 0.1) is 11.8 Å². The molecule has 9 heteroatoms. The lowest BCUT2D eigenvalue weighted by atomic mass is 9.98. The monoisotopic (exact) mass is 369 g/mol. The van der Waals surface area contributed by atoms with Gasteiger partial charge in [0.05, 0.1) is 5.69 Å². The van der Waals surface area contributed by atoms with E-state index in [1.54, 1.807) is 0 Å². The topological polar surface area (TPSA) is 87.7 Å². The summed E-state index contributed by atoms with van der Waals surface area (Å²) in [5.74, 6) is -3.61. The number of aromatic nitrogens is 1. The Morgan fingerprint density at radius 3 is 2.25 bits per heavy atom. The van der Waals surface area contributed by atoms with Gasteiger partial charge < -0.3 is 0 Å². The maximum atomic E-state index is 12.7. The quantitative estimate of drug-likeness (QED) is 0.600. The maximum absolute atomic E-state index is 12.7. The van der Waals surface area contributed by atoms with Gasteiger partial charge >= 0.3 is 6.03 Å². The van der Waals surface area contributed by atoms with Gasteiger partial charge in [0.15, 0.2) is 11.7 Å². The van der Waals surface area contributed by atoms with Crippen molar-refractivity contribution in [2.75, 3.05) is 11.4 Å². The van der Waals surface area contributed by atoms with Crippen molar-refractivity contribution in [2.45, 2.75) is 19.8 Å². The summed E-state index contributed by atoms with van der Waals surface area (Å²) in [6.45, 7) is 1.34. The highest BCUT2D eigenvalue weighted by molar-refractivity contribution is 6.36. The fourth-order valence-corrected chi connectivity index (χ4v) is 3.04. The number of nitrogens with zero attached hydrogens (tertiary/aromatic N) is 3. The SMILES string of the molecule is CC(=O)C1C(=O)N(CC2CC2)C(=O)N(c2cc(Cl)nc(Cl)c2)C1=O. The molecule has 0 spiro atoms. The number of hydrogen-bond acceptors (Lipinski definition) is 5. The lowest BCUT2D eigenvalue weighted by Crippen LogP contribution is -2.62. The van der Waals surface area contributed by atoms with Crippen molar-refractivity contribution in [2.24, 2.45) is 11.8 Å². The lowest BCUT2D eigenvalue weighted by molar-refractivity contribution is -0.145. The number of rotatable bonds is 4. The van der Waals surface area contributed by atoms with E-state index in [1.807, 2.05) is 0 Å². The molecule has 3 rings (SSSR count). The predicted octanol–water partition coefficient (Wildman–Crippen LogP) is 2.30. The van der Waals surface area contributed by atoms with Crippen molar-refractivity contribution in [3.8, 4) is 0 Å². The number of hydrogen-bond donors (Lipinski definition) is 0. The number of anilines is 1. The summed E-state index contributed by atoms with van der Waals surface area (Å²) in [6, 6.07) is 1.77. The molecule has 0 radical (unpaired) electrons. The smallest absolute Gasteiger partial charge is 0.299 e. The van der Waals surface area contributed by atoms with E-state index < -0.39 is 29.5 Å². The summed E-state index contributed by atoms with van der Waals surface area (Å²) in [6.07, 6.45) is 1.81. The van der Waals surface area contributed by atoms with Crippen LogP contribution in [-0.4, -0.2) is 40.1 Å². The van der Waals surface area contributed by atoms with Crippen molar-refractivity contribution in [3.63, 3.8) is 0 Å². The number of halogens is 2. The molecular weight excluding hydrogens is 357 g/mol. The number of imide groups is 2. The van der Waals surface area contributed by atoms with Crippen LogP contribution in [0.3, 0.4) is 0 Å². The van der Waals surface area contributed by atoms with Gasteiger partial charge in [0, 0.05) is 6.54 Å². The number of Topliss-reactive ketones (excluding diaryl/α,β-unsaturated/α-hetero) is 1. The van der Waals surface area contributed by atoms with Gasteiger partial charge in [0.2, 0.25) is 0 Å². The molecule has 2 heterocycles. The molecule has 1 aliphatic carbocycles. The van der Waals surface area contributed by atoms with Gasteiger partial charge in [-0.05, 0) is 37.8 Å². The Labute approximate surface area is 147 Å². The van der Waals surface area contributed by atoms with Crippen LogP contribution in [0.4, 0.5) is 10.5 Å². The zero-order chi connectivity index (χ0) is 17.6. The minimum Gasteiger partial charge on any atom is -0.299 e. The molecule has 0 N–H and O–H groups in total. The Bertz CT molecular complexity index is 743. The van der Waals surface area contributed by atoms with Gasteiger partial charge in [0.25, 0.3) is 11.8 Å². The zero-order valence-electron chi connectivity index (χ0n) is 12.7. The average molecular weight is 370 g/mol. The van der Waals surface area contributed by atoms with E-state index in [4.69, 9.17) is 23.2 Å². The van der Waals surface area contributed by atoms with Crippen molar-refractivity contribution >= 4 is 52.5 Å². The van der Waals surface area contributed by atoms with Crippen LogP contribution in [0.5, 0.6) is 0 Å². The Kier molecular flexibility index (Phi) is 4.31. The molecule has 1 aliphatic heterocycles. The Balaban J connectivity index is 2.04. The normalized spacial score (nSPS) is 21.5. The van der Waals surface area contributed by atoms with E-state index in [0.29, 0.717) is 0 Å². The van der Waals surface area contributed by atoms with Crippen molar-refractivity contribution in [3.05, 3.63) is 22.4 Å². The van der Waals surface area contributed by atoms with E-state index in [1.165, 1.54) is 12.1 Å². The average Bonchev–Trinajstić information content (AvgIpc) is 3.26. The molecule has 126 valence electrons. The first-order valence-corrected chi connectivity index (χ1v) is 8.08. The fourth-order valence-electron chi connectivity index (χ4n) is 2.59. The van der Waals surface area contributed by atoms with Gasteiger partial charge in [-0.3, -0.25) is 19.3 Å². The van der Waals surface area contributed by atoms with Crippen molar-refractivity contribution in [1.29, 1.82) is 0 Å². The molecule has 7 nitrogen and oxygen atoms in total. The minimum absolute atomic E-state index is 0.0110. The number of barbiturate groups is 1. The molecule has 2 aliphatic rings. The highest BCUT2D eigenvalue weighted by Crippen LogP contribution is 2.34. The highest BCUT2D eigenvalue weighted by atomic mass is 35.5. The molecule has 1 unspecified atom stereocenters. The van der Waals surface area contributed by atoms with Crippen LogP contribution in [-0.2, 0) is 14.4 Å². The number of pyridine rings is 1. The second-order valence-electron chi connectivity index (χ2n) is 5.86. The van der Waals surface area contributed by atoms with Crippen LogP contribution >= 0.6 is 23.2 Å². The molecule has 2 fully saturated rings. The fraction of sp³-hybridized carbons (Fsp3) is 0.400. The van der Waals surface area contributed by atoms with E-state index >= 15 is 0 Å².